The molecule has 4 N–H and O–H groups in total. The molecule has 3 atom stereocenters. The molecule has 0 aromatic heterocycles. The first-order valence-corrected chi connectivity index (χ1v) is 9.23. The molecule has 26 heavy (non-hydrogen) atoms. The number of carbonyl (C=O) groups is 3. The van der Waals surface area contributed by atoms with E-state index in [1.165, 1.54) is 4.90 Å². The molecule has 2 aliphatic heterocycles. The van der Waals surface area contributed by atoms with E-state index in [0.29, 0.717) is 19.4 Å². The van der Waals surface area contributed by atoms with Gasteiger partial charge in [-0.1, -0.05) is 30.3 Å². The summed E-state index contributed by atoms with van der Waals surface area (Å²) in [6.45, 7) is 1.31. The number of benzene rings is 1. The second-order valence-corrected chi connectivity index (χ2v) is 6.99. The summed E-state index contributed by atoms with van der Waals surface area (Å²) in [4.78, 5) is 38.8. The number of nitrogens with one attached hydrogen (secondary N) is 2. The lowest BCUT2D eigenvalue weighted by Gasteiger charge is -2.28. The maximum Gasteiger partial charge on any atom is 0.246 e. The number of carbonyl (C=O) groups excluding carboxylic acids is 3. The van der Waals surface area contributed by atoms with Gasteiger partial charge in [-0.3, -0.25) is 14.4 Å². The maximum atomic E-state index is 13.1. The average Bonchev–Trinajstić information content (AvgIpc) is 3.33. The van der Waals surface area contributed by atoms with E-state index in [0.717, 1.165) is 31.4 Å². The van der Waals surface area contributed by atoms with Crippen LogP contribution >= 0.6 is 0 Å². The molecule has 0 spiro atoms. The van der Waals surface area contributed by atoms with Crippen molar-refractivity contribution in [1.29, 1.82) is 0 Å². The quantitative estimate of drug-likeness (QED) is 0.663. The van der Waals surface area contributed by atoms with Crippen molar-refractivity contribution < 1.29 is 14.4 Å². The summed E-state index contributed by atoms with van der Waals surface area (Å²) in [6.07, 6.45) is 3.43. The van der Waals surface area contributed by atoms with E-state index in [1.54, 1.807) is 0 Å². The Kier molecular flexibility index (Phi) is 5.88. The largest absolute Gasteiger partial charge is 0.368 e. The molecule has 0 unspecified atom stereocenters. The van der Waals surface area contributed by atoms with Crippen LogP contribution < -0.4 is 16.4 Å². The van der Waals surface area contributed by atoms with Gasteiger partial charge in [-0.05, 0) is 37.8 Å². The SMILES string of the molecule is NC(=O)[C@@H]1CCCN1C(=O)[C@H](Cc1ccccc1)NC(=O)[C@@H]1CCCN1. The molecule has 140 valence electrons. The zero-order valence-corrected chi connectivity index (χ0v) is 14.8. The zero-order chi connectivity index (χ0) is 18.5. The molecule has 1 aromatic carbocycles. The third-order valence-corrected chi connectivity index (χ3v) is 5.14. The topological polar surface area (TPSA) is 105 Å². The number of amides is 3. The van der Waals surface area contributed by atoms with Crippen molar-refractivity contribution in [3.63, 3.8) is 0 Å². The number of hydrogen-bond acceptors (Lipinski definition) is 4. The van der Waals surface area contributed by atoms with Gasteiger partial charge in [-0.25, -0.2) is 0 Å². The van der Waals surface area contributed by atoms with Crippen molar-refractivity contribution in [2.24, 2.45) is 5.73 Å². The summed E-state index contributed by atoms with van der Waals surface area (Å²) in [7, 11) is 0. The molecule has 0 aliphatic carbocycles. The molecule has 3 rings (SSSR count). The molecule has 0 radical (unpaired) electrons. The lowest BCUT2D eigenvalue weighted by Crippen LogP contribution is -2.55. The molecule has 7 nitrogen and oxygen atoms in total. The molecule has 2 saturated heterocycles. The van der Waals surface area contributed by atoms with Gasteiger partial charge in [0.2, 0.25) is 17.7 Å². The highest BCUT2D eigenvalue weighted by atomic mass is 16.2. The Hall–Kier alpha value is -2.41. The van der Waals surface area contributed by atoms with Crippen LogP contribution in [0.5, 0.6) is 0 Å². The van der Waals surface area contributed by atoms with Crippen molar-refractivity contribution in [3.05, 3.63) is 35.9 Å². The predicted molar refractivity (Wildman–Crippen MR) is 97.0 cm³/mol. The Balaban J connectivity index is 1.76. The van der Waals surface area contributed by atoms with Crippen LogP contribution in [0.2, 0.25) is 0 Å². The minimum atomic E-state index is -0.702. The average molecular weight is 358 g/mol. The standard InChI is InChI=1S/C19H26N4O3/c20-17(24)16-9-5-11-23(16)19(26)15(12-13-6-2-1-3-7-13)22-18(25)14-8-4-10-21-14/h1-3,6-7,14-16,21H,4-5,8-12H2,(H2,20,24)(H,22,25)/t14-,15-,16-/m0/s1. The second kappa shape index (κ2) is 8.31. The summed E-state index contributed by atoms with van der Waals surface area (Å²) >= 11 is 0. The van der Waals surface area contributed by atoms with E-state index in [2.05, 4.69) is 10.6 Å². The molecular formula is C19H26N4O3. The molecule has 0 saturated carbocycles. The van der Waals surface area contributed by atoms with Crippen molar-refractivity contribution >= 4 is 17.7 Å². The number of nitrogens with two attached hydrogens (primary N) is 1. The Bertz CT molecular complexity index is 658. The first kappa shape index (κ1) is 18.4. The Morgan fingerprint density at radius 3 is 2.62 bits per heavy atom. The molecule has 2 aliphatic rings. The molecule has 0 bridgehead atoms. The lowest BCUT2D eigenvalue weighted by atomic mass is 10.0. The van der Waals surface area contributed by atoms with Gasteiger partial charge in [0.15, 0.2) is 0 Å². The predicted octanol–water partition coefficient (Wildman–Crippen LogP) is -0.0578. The van der Waals surface area contributed by atoms with Gasteiger partial charge in [0.25, 0.3) is 0 Å². The lowest BCUT2D eigenvalue weighted by molar-refractivity contribution is -0.140. The summed E-state index contributed by atoms with van der Waals surface area (Å²) in [5, 5.41) is 6.05. The number of primary amides is 1. The van der Waals surface area contributed by atoms with Gasteiger partial charge >= 0.3 is 0 Å². The second-order valence-electron chi connectivity index (χ2n) is 6.99. The van der Waals surface area contributed by atoms with Crippen LogP contribution in [0.3, 0.4) is 0 Å². The van der Waals surface area contributed by atoms with E-state index in [-0.39, 0.29) is 17.9 Å². The normalized spacial score (nSPS) is 23.6. The third-order valence-electron chi connectivity index (χ3n) is 5.14. The van der Waals surface area contributed by atoms with Gasteiger partial charge in [-0.2, -0.15) is 0 Å². The van der Waals surface area contributed by atoms with Gasteiger partial charge < -0.3 is 21.3 Å². The highest BCUT2D eigenvalue weighted by Gasteiger charge is 2.37. The van der Waals surface area contributed by atoms with E-state index < -0.39 is 18.0 Å². The van der Waals surface area contributed by atoms with Crippen molar-refractivity contribution in [3.8, 4) is 0 Å². The highest BCUT2D eigenvalue weighted by molar-refractivity contribution is 5.93. The summed E-state index contributed by atoms with van der Waals surface area (Å²) in [6, 6.07) is 8.02. The number of hydrogen-bond donors (Lipinski definition) is 3. The first-order valence-electron chi connectivity index (χ1n) is 9.23. The van der Waals surface area contributed by atoms with Gasteiger partial charge in [0.05, 0.1) is 6.04 Å². The number of likely N-dealkylation sites (tertiary alicyclic amines) is 1. The van der Waals surface area contributed by atoms with Gasteiger partial charge in [0.1, 0.15) is 12.1 Å². The molecule has 3 amide bonds. The van der Waals surface area contributed by atoms with E-state index >= 15 is 0 Å². The van der Waals surface area contributed by atoms with Crippen LogP contribution in [0.25, 0.3) is 0 Å². The Morgan fingerprint density at radius 1 is 1.19 bits per heavy atom. The van der Waals surface area contributed by atoms with Crippen molar-refractivity contribution in [2.45, 2.75) is 50.2 Å². The van der Waals surface area contributed by atoms with Gasteiger partial charge in [0, 0.05) is 13.0 Å². The molecular weight excluding hydrogens is 332 g/mol. The minimum Gasteiger partial charge on any atom is -0.368 e. The smallest absolute Gasteiger partial charge is 0.246 e. The zero-order valence-electron chi connectivity index (χ0n) is 14.8. The van der Waals surface area contributed by atoms with Crippen LogP contribution in [-0.4, -0.2) is 53.8 Å². The van der Waals surface area contributed by atoms with Gasteiger partial charge in [-0.15, -0.1) is 0 Å². The van der Waals surface area contributed by atoms with Crippen LogP contribution in [0.4, 0.5) is 0 Å². The fourth-order valence-electron chi connectivity index (χ4n) is 3.76. The van der Waals surface area contributed by atoms with Crippen LogP contribution in [0, 0.1) is 0 Å². The van der Waals surface area contributed by atoms with E-state index in [9.17, 15) is 14.4 Å². The van der Waals surface area contributed by atoms with Crippen molar-refractivity contribution in [1.82, 2.24) is 15.5 Å². The van der Waals surface area contributed by atoms with Crippen LogP contribution in [0.1, 0.15) is 31.2 Å². The fourth-order valence-corrected chi connectivity index (χ4v) is 3.76. The third kappa shape index (κ3) is 4.22. The molecule has 2 heterocycles. The fraction of sp³-hybridized carbons (Fsp3) is 0.526. The highest BCUT2D eigenvalue weighted by Crippen LogP contribution is 2.19. The summed E-state index contributed by atoms with van der Waals surface area (Å²) in [5.41, 5.74) is 6.41. The Labute approximate surface area is 153 Å². The summed E-state index contributed by atoms with van der Waals surface area (Å²) in [5.74, 6) is -0.883. The molecule has 7 heteroatoms. The number of nitrogens with zero attached hydrogens (tertiary/aromatic N) is 1. The Morgan fingerprint density at radius 2 is 1.96 bits per heavy atom. The van der Waals surface area contributed by atoms with E-state index in [4.69, 9.17) is 5.73 Å². The first-order chi connectivity index (χ1) is 12.6. The monoisotopic (exact) mass is 358 g/mol. The maximum absolute atomic E-state index is 13.1. The van der Waals surface area contributed by atoms with Crippen molar-refractivity contribution in [2.75, 3.05) is 13.1 Å². The summed E-state index contributed by atoms with van der Waals surface area (Å²) < 4.78 is 0. The van der Waals surface area contributed by atoms with E-state index in [1.807, 2.05) is 30.3 Å². The van der Waals surface area contributed by atoms with Crippen LogP contribution in [-0.2, 0) is 20.8 Å². The molecule has 1 aromatic rings. The minimum absolute atomic E-state index is 0.161. The number of rotatable bonds is 6. The molecule has 2 fully saturated rings. The van der Waals surface area contributed by atoms with Crippen LogP contribution in [0.15, 0.2) is 30.3 Å².